The lowest BCUT2D eigenvalue weighted by Gasteiger charge is -2.18. The summed E-state index contributed by atoms with van der Waals surface area (Å²) >= 11 is 0. The molecule has 110 valence electrons. The van der Waals surface area contributed by atoms with Gasteiger partial charge in [0.25, 0.3) is 5.91 Å². The third-order valence-corrected chi connectivity index (χ3v) is 3.13. The second-order valence-corrected chi connectivity index (χ2v) is 5.32. The van der Waals surface area contributed by atoms with E-state index in [4.69, 9.17) is 0 Å². The van der Waals surface area contributed by atoms with E-state index in [0.29, 0.717) is 5.69 Å². The number of carbonyl (C=O) groups is 1. The Kier molecular flexibility index (Phi) is 5.06. The van der Waals surface area contributed by atoms with E-state index in [2.05, 4.69) is 5.32 Å². The van der Waals surface area contributed by atoms with Gasteiger partial charge in [-0.2, -0.15) is 0 Å². The lowest BCUT2D eigenvalue weighted by molar-refractivity contribution is -0.709. The zero-order valence-corrected chi connectivity index (χ0v) is 12.2. The molecule has 0 unspecified atom stereocenters. The highest BCUT2D eigenvalue weighted by molar-refractivity contribution is 5.94. The molecule has 0 bridgehead atoms. The van der Waals surface area contributed by atoms with Crippen LogP contribution >= 0.6 is 0 Å². The van der Waals surface area contributed by atoms with Crippen molar-refractivity contribution in [3.05, 3.63) is 66.0 Å². The van der Waals surface area contributed by atoms with Crippen molar-refractivity contribution >= 4 is 11.6 Å². The molecule has 0 fully saturated rings. The molecule has 0 aromatic heterocycles. The number of nitrogens with two attached hydrogens (primary N) is 1. The van der Waals surface area contributed by atoms with Crippen LogP contribution in [0, 0.1) is 5.82 Å². The predicted octanol–water partition coefficient (Wildman–Crippen LogP) is 2.48. The maximum absolute atomic E-state index is 12.9. The van der Waals surface area contributed by atoms with Crippen LogP contribution in [0.4, 0.5) is 10.1 Å². The minimum atomic E-state index is -0.323. The fourth-order valence-electron chi connectivity index (χ4n) is 2.15. The van der Waals surface area contributed by atoms with E-state index in [1.807, 2.05) is 49.5 Å². The van der Waals surface area contributed by atoms with E-state index in [1.165, 1.54) is 12.1 Å². The Morgan fingerprint density at radius 2 is 1.67 bits per heavy atom. The monoisotopic (exact) mass is 287 g/mol. The fourth-order valence-corrected chi connectivity index (χ4v) is 2.15. The number of rotatable bonds is 5. The SMILES string of the molecule is CC(C)[NH2+][C@@H](C(=O)Nc1ccc(F)cc1)c1ccccc1. The third kappa shape index (κ3) is 4.39. The van der Waals surface area contributed by atoms with Crippen molar-refractivity contribution in [1.82, 2.24) is 0 Å². The summed E-state index contributed by atoms with van der Waals surface area (Å²) in [7, 11) is 0. The fraction of sp³-hybridized carbons (Fsp3) is 0.235. The Morgan fingerprint density at radius 1 is 1.05 bits per heavy atom. The van der Waals surface area contributed by atoms with Crippen LogP contribution in [-0.4, -0.2) is 11.9 Å². The molecule has 0 saturated heterocycles. The van der Waals surface area contributed by atoms with Crippen molar-refractivity contribution in [3.63, 3.8) is 0 Å². The van der Waals surface area contributed by atoms with Crippen molar-refractivity contribution in [2.75, 3.05) is 5.32 Å². The summed E-state index contributed by atoms with van der Waals surface area (Å²) in [6, 6.07) is 15.4. The van der Waals surface area contributed by atoms with Gasteiger partial charge in [-0.05, 0) is 38.1 Å². The highest BCUT2D eigenvalue weighted by Crippen LogP contribution is 2.13. The number of benzene rings is 2. The summed E-state index contributed by atoms with van der Waals surface area (Å²) in [5.41, 5.74) is 1.55. The van der Waals surface area contributed by atoms with E-state index in [9.17, 15) is 9.18 Å². The standard InChI is InChI=1S/C17H19FN2O/c1-12(2)19-16(13-6-4-3-5-7-13)17(21)20-15-10-8-14(18)9-11-15/h3-12,16,19H,1-2H3,(H,20,21)/p+1/t16-/m1/s1. The quantitative estimate of drug-likeness (QED) is 0.872. The van der Waals surface area contributed by atoms with Crippen LogP contribution in [0.2, 0.25) is 0 Å². The molecule has 4 heteroatoms. The van der Waals surface area contributed by atoms with E-state index >= 15 is 0 Å². The minimum Gasteiger partial charge on any atom is -0.330 e. The van der Waals surface area contributed by atoms with Crippen LogP contribution in [-0.2, 0) is 4.79 Å². The molecule has 1 amide bonds. The number of hydrogen-bond donors (Lipinski definition) is 2. The van der Waals surface area contributed by atoms with Gasteiger partial charge in [-0.25, -0.2) is 4.39 Å². The first-order valence-electron chi connectivity index (χ1n) is 7.02. The zero-order valence-electron chi connectivity index (χ0n) is 12.2. The molecule has 0 spiro atoms. The first-order valence-corrected chi connectivity index (χ1v) is 7.02. The van der Waals surface area contributed by atoms with Gasteiger partial charge in [0.1, 0.15) is 5.82 Å². The molecular formula is C17H20FN2O+. The van der Waals surface area contributed by atoms with Gasteiger partial charge in [-0.15, -0.1) is 0 Å². The van der Waals surface area contributed by atoms with Crippen LogP contribution in [0.5, 0.6) is 0 Å². The average Bonchev–Trinajstić information content (AvgIpc) is 2.48. The maximum atomic E-state index is 12.9. The van der Waals surface area contributed by atoms with Gasteiger partial charge >= 0.3 is 0 Å². The second-order valence-electron chi connectivity index (χ2n) is 5.32. The summed E-state index contributed by atoms with van der Waals surface area (Å²) in [5.74, 6) is -0.428. The predicted molar refractivity (Wildman–Crippen MR) is 81.3 cm³/mol. The normalized spacial score (nSPS) is 12.2. The molecule has 21 heavy (non-hydrogen) atoms. The molecule has 0 aliphatic rings. The smallest absolute Gasteiger partial charge is 0.287 e. The lowest BCUT2D eigenvalue weighted by atomic mass is 10.1. The molecule has 0 aliphatic carbocycles. The molecule has 3 nitrogen and oxygen atoms in total. The van der Waals surface area contributed by atoms with Crippen LogP contribution in [0.1, 0.15) is 25.5 Å². The lowest BCUT2D eigenvalue weighted by Crippen LogP contribution is -2.91. The van der Waals surface area contributed by atoms with Crippen LogP contribution in [0.15, 0.2) is 54.6 Å². The number of carbonyl (C=O) groups excluding carboxylic acids is 1. The first-order chi connectivity index (χ1) is 10.1. The Hall–Kier alpha value is -2.20. The Morgan fingerprint density at radius 3 is 2.24 bits per heavy atom. The molecule has 0 saturated carbocycles. The zero-order chi connectivity index (χ0) is 15.2. The molecular weight excluding hydrogens is 267 g/mol. The van der Waals surface area contributed by atoms with Crippen LogP contribution < -0.4 is 10.6 Å². The largest absolute Gasteiger partial charge is 0.330 e. The van der Waals surface area contributed by atoms with E-state index in [-0.39, 0.29) is 23.8 Å². The highest BCUT2D eigenvalue weighted by atomic mass is 19.1. The van der Waals surface area contributed by atoms with Gasteiger partial charge in [0.2, 0.25) is 0 Å². The van der Waals surface area contributed by atoms with E-state index < -0.39 is 0 Å². The van der Waals surface area contributed by atoms with Crippen molar-refractivity contribution in [3.8, 4) is 0 Å². The number of hydrogen-bond acceptors (Lipinski definition) is 1. The van der Waals surface area contributed by atoms with E-state index in [0.717, 1.165) is 5.56 Å². The van der Waals surface area contributed by atoms with Crippen molar-refractivity contribution in [2.24, 2.45) is 0 Å². The summed E-state index contributed by atoms with van der Waals surface area (Å²) in [6.07, 6.45) is 0. The van der Waals surface area contributed by atoms with Gasteiger partial charge in [0.15, 0.2) is 6.04 Å². The molecule has 3 N–H and O–H groups in total. The molecule has 1 atom stereocenters. The van der Waals surface area contributed by atoms with Crippen molar-refractivity contribution in [2.45, 2.75) is 25.9 Å². The van der Waals surface area contributed by atoms with Crippen LogP contribution in [0.25, 0.3) is 0 Å². The number of quaternary nitrogens is 1. The highest BCUT2D eigenvalue weighted by Gasteiger charge is 2.25. The number of nitrogens with one attached hydrogen (secondary N) is 1. The van der Waals surface area contributed by atoms with Gasteiger partial charge in [0, 0.05) is 11.3 Å². The minimum absolute atomic E-state index is 0.110. The van der Waals surface area contributed by atoms with Gasteiger partial charge in [-0.3, -0.25) is 4.79 Å². The van der Waals surface area contributed by atoms with Crippen LogP contribution in [0.3, 0.4) is 0 Å². The maximum Gasteiger partial charge on any atom is 0.287 e. The average molecular weight is 287 g/mol. The molecule has 2 aromatic rings. The second kappa shape index (κ2) is 6.99. The summed E-state index contributed by atoms with van der Waals surface area (Å²) in [6.45, 7) is 4.09. The first kappa shape index (κ1) is 15.2. The number of halogens is 1. The molecule has 2 aromatic carbocycles. The molecule has 0 aliphatic heterocycles. The Bertz CT molecular complexity index is 581. The van der Waals surface area contributed by atoms with Gasteiger partial charge < -0.3 is 10.6 Å². The van der Waals surface area contributed by atoms with E-state index in [1.54, 1.807) is 12.1 Å². The third-order valence-electron chi connectivity index (χ3n) is 3.13. The Labute approximate surface area is 124 Å². The number of anilines is 1. The summed E-state index contributed by atoms with van der Waals surface area (Å²) in [5, 5.41) is 4.84. The molecule has 0 radical (unpaired) electrons. The summed E-state index contributed by atoms with van der Waals surface area (Å²) < 4.78 is 12.9. The van der Waals surface area contributed by atoms with Crippen molar-refractivity contribution in [1.29, 1.82) is 0 Å². The van der Waals surface area contributed by atoms with Gasteiger partial charge in [0.05, 0.1) is 6.04 Å². The molecule has 0 heterocycles. The van der Waals surface area contributed by atoms with Crippen molar-refractivity contribution < 1.29 is 14.5 Å². The number of amides is 1. The summed E-state index contributed by atoms with van der Waals surface area (Å²) in [4.78, 5) is 12.5. The Balaban J connectivity index is 2.16. The topological polar surface area (TPSA) is 45.7 Å². The van der Waals surface area contributed by atoms with Gasteiger partial charge in [-0.1, -0.05) is 30.3 Å². The molecule has 2 rings (SSSR count).